The Morgan fingerprint density at radius 2 is 1.60 bits per heavy atom. The Hall–Kier alpha value is -1.26. The van der Waals surface area contributed by atoms with Crippen molar-refractivity contribution in [1.82, 2.24) is 15.1 Å². The maximum Gasteiger partial charge on any atom is 0.317 e. The molecule has 0 atom stereocenters. The quantitative estimate of drug-likeness (QED) is 0.839. The topological polar surface area (TPSA) is 52.7 Å². The highest BCUT2D eigenvalue weighted by molar-refractivity contribution is 5.79. The van der Waals surface area contributed by atoms with E-state index >= 15 is 0 Å². The number of rotatable bonds is 2. The predicted molar refractivity (Wildman–Crippen MR) is 78.4 cm³/mol. The summed E-state index contributed by atoms with van der Waals surface area (Å²) in [7, 11) is 3.59. The SMILES string of the molecule is CN(C)C(=O)C1CCN(C(=O)NC2CCCCC2)CC1. The number of hydrogen-bond acceptors (Lipinski definition) is 2. The third-order valence-corrected chi connectivity index (χ3v) is 4.50. The van der Waals surface area contributed by atoms with Crippen molar-refractivity contribution in [3.63, 3.8) is 0 Å². The molecule has 0 radical (unpaired) electrons. The molecule has 5 heteroatoms. The van der Waals surface area contributed by atoms with Crippen LogP contribution >= 0.6 is 0 Å². The van der Waals surface area contributed by atoms with Gasteiger partial charge in [0.05, 0.1) is 0 Å². The fourth-order valence-electron chi connectivity index (χ4n) is 3.21. The average Bonchev–Trinajstić information content (AvgIpc) is 2.47. The van der Waals surface area contributed by atoms with Crippen LogP contribution in [0.3, 0.4) is 0 Å². The minimum absolute atomic E-state index is 0.0626. The van der Waals surface area contributed by atoms with E-state index in [1.54, 1.807) is 19.0 Å². The van der Waals surface area contributed by atoms with Gasteiger partial charge >= 0.3 is 6.03 Å². The Labute approximate surface area is 121 Å². The van der Waals surface area contributed by atoms with Crippen LogP contribution in [0.25, 0.3) is 0 Å². The molecule has 1 N–H and O–H groups in total. The number of amides is 3. The highest BCUT2D eigenvalue weighted by Gasteiger charge is 2.29. The molecule has 5 nitrogen and oxygen atoms in total. The first-order valence-corrected chi connectivity index (χ1v) is 7.84. The molecule has 3 amide bonds. The number of likely N-dealkylation sites (tertiary alicyclic amines) is 1. The summed E-state index contributed by atoms with van der Waals surface area (Å²) >= 11 is 0. The van der Waals surface area contributed by atoms with Gasteiger partial charge in [0.1, 0.15) is 0 Å². The molecule has 0 aromatic rings. The molecule has 0 aromatic heterocycles. The van der Waals surface area contributed by atoms with Gasteiger partial charge in [0, 0.05) is 39.1 Å². The minimum atomic E-state index is 0.0626. The lowest BCUT2D eigenvalue weighted by molar-refractivity contribution is -0.134. The van der Waals surface area contributed by atoms with E-state index in [-0.39, 0.29) is 17.9 Å². The first-order chi connectivity index (χ1) is 9.58. The molecule has 0 spiro atoms. The Balaban J connectivity index is 1.75. The Morgan fingerprint density at radius 1 is 1.00 bits per heavy atom. The predicted octanol–water partition coefficient (Wildman–Crippen LogP) is 1.83. The van der Waals surface area contributed by atoms with Crippen LogP contribution in [-0.2, 0) is 4.79 Å². The maximum absolute atomic E-state index is 12.2. The van der Waals surface area contributed by atoms with E-state index in [0.29, 0.717) is 19.1 Å². The molecule has 2 rings (SSSR count). The van der Waals surface area contributed by atoms with Crippen LogP contribution in [0.15, 0.2) is 0 Å². The number of nitrogens with one attached hydrogen (secondary N) is 1. The molecule has 1 saturated carbocycles. The van der Waals surface area contributed by atoms with Crippen molar-refractivity contribution in [1.29, 1.82) is 0 Å². The minimum Gasteiger partial charge on any atom is -0.349 e. The number of nitrogens with zero attached hydrogens (tertiary/aromatic N) is 2. The van der Waals surface area contributed by atoms with Crippen molar-refractivity contribution in [3.05, 3.63) is 0 Å². The van der Waals surface area contributed by atoms with Gasteiger partial charge in [-0.05, 0) is 25.7 Å². The zero-order valence-corrected chi connectivity index (χ0v) is 12.7. The van der Waals surface area contributed by atoms with E-state index < -0.39 is 0 Å². The molecule has 1 aliphatic carbocycles. The van der Waals surface area contributed by atoms with Gasteiger partial charge in [0.25, 0.3) is 0 Å². The summed E-state index contributed by atoms with van der Waals surface area (Å²) in [5, 5.41) is 3.15. The third-order valence-electron chi connectivity index (χ3n) is 4.50. The van der Waals surface area contributed by atoms with Crippen LogP contribution in [0.4, 0.5) is 4.79 Å². The first-order valence-electron chi connectivity index (χ1n) is 7.84. The lowest BCUT2D eigenvalue weighted by Crippen LogP contribution is -2.49. The van der Waals surface area contributed by atoms with Crippen LogP contribution in [0.5, 0.6) is 0 Å². The summed E-state index contributed by atoms with van der Waals surface area (Å²) in [5.41, 5.74) is 0. The molecular formula is C15H27N3O2. The van der Waals surface area contributed by atoms with E-state index in [4.69, 9.17) is 0 Å². The highest BCUT2D eigenvalue weighted by Crippen LogP contribution is 2.21. The van der Waals surface area contributed by atoms with Gasteiger partial charge in [-0.15, -0.1) is 0 Å². The Morgan fingerprint density at radius 3 is 2.15 bits per heavy atom. The number of urea groups is 1. The van der Waals surface area contributed by atoms with Gasteiger partial charge in [-0.25, -0.2) is 4.79 Å². The summed E-state index contributed by atoms with van der Waals surface area (Å²) in [6.07, 6.45) is 7.55. The zero-order valence-electron chi connectivity index (χ0n) is 12.7. The lowest BCUT2D eigenvalue weighted by Gasteiger charge is -2.34. The number of carbonyl (C=O) groups is 2. The Bertz CT molecular complexity index is 343. The maximum atomic E-state index is 12.2. The fraction of sp³-hybridized carbons (Fsp3) is 0.867. The second kappa shape index (κ2) is 6.95. The second-order valence-electron chi connectivity index (χ2n) is 6.28. The van der Waals surface area contributed by atoms with E-state index in [0.717, 1.165) is 25.7 Å². The van der Waals surface area contributed by atoms with Crippen molar-refractivity contribution in [2.45, 2.75) is 51.0 Å². The van der Waals surface area contributed by atoms with Crippen LogP contribution in [0, 0.1) is 5.92 Å². The molecule has 1 aliphatic heterocycles. The van der Waals surface area contributed by atoms with Gasteiger partial charge in [-0.2, -0.15) is 0 Å². The number of piperidine rings is 1. The summed E-state index contributed by atoms with van der Waals surface area (Å²) in [6, 6.07) is 0.421. The smallest absolute Gasteiger partial charge is 0.317 e. The molecular weight excluding hydrogens is 254 g/mol. The van der Waals surface area contributed by atoms with Crippen molar-refractivity contribution in [2.75, 3.05) is 27.2 Å². The van der Waals surface area contributed by atoms with E-state index in [2.05, 4.69) is 5.32 Å². The van der Waals surface area contributed by atoms with Gasteiger partial charge in [0.15, 0.2) is 0 Å². The van der Waals surface area contributed by atoms with Crippen LogP contribution in [-0.4, -0.2) is 55.0 Å². The highest BCUT2D eigenvalue weighted by atomic mass is 16.2. The van der Waals surface area contributed by atoms with Gasteiger partial charge < -0.3 is 15.1 Å². The molecule has 1 saturated heterocycles. The zero-order chi connectivity index (χ0) is 14.5. The first kappa shape index (κ1) is 15.1. The standard InChI is InChI=1S/C15H27N3O2/c1-17(2)14(19)12-8-10-18(11-9-12)15(20)16-13-6-4-3-5-7-13/h12-13H,3-11H2,1-2H3,(H,16,20). The largest absolute Gasteiger partial charge is 0.349 e. The van der Waals surface area contributed by atoms with Crippen molar-refractivity contribution >= 4 is 11.9 Å². The Kier molecular flexibility index (Phi) is 5.26. The third kappa shape index (κ3) is 3.87. The average molecular weight is 281 g/mol. The molecule has 114 valence electrons. The molecule has 1 heterocycles. The van der Waals surface area contributed by atoms with Crippen molar-refractivity contribution in [3.8, 4) is 0 Å². The van der Waals surface area contributed by atoms with Crippen LogP contribution in [0.1, 0.15) is 44.9 Å². The summed E-state index contributed by atoms with van der Waals surface area (Å²) < 4.78 is 0. The van der Waals surface area contributed by atoms with E-state index in [9.17, 15) is 9.59 Å². The summed E-state index contributed by atoms with van der Waals surface area (Å²) in [6.45, 7) is 1.39. The fourth-order valence-corrected chi connectivity index (χ4v) is 3.21. The molecule has 2 fully saturated rings. The van der Waals surface area contributed by atoms with E-state index in [1.165, 1.54) is 19.3 Å². The van der Waals surface area contributed by atoms with Gasteiger partial charge in [-0.3, -0.25) is 4.79 Å². The van der Waals surface area contributed by atoms with E-state index in [1.807, 2.05) is 4.90 Å². The van der Waals surface area contributed by atoms with Gasteiger partial charge in [-0.1, -0.05) is 19.3 Å². The molecule has 0 aromatic carbocycles. The van der Waals surface area contributed by atoms with Crippen molar-refractivity contribution < 1.29 is 9.59 Å². The van der Waals surface area contributed by atoms with Crippen LogP contribution < -0.4 is 5.32 Å². The van der Waals surface area contributed by atoms with Gasteiger partial charge in [0.2, 0.25) is 5.91 Å². The molecule has 0 unspecified atom stereocenters. The normalized spacial score (nSPS) is 21.6. The van der Waals surface area contributed by atoms with Crippen molar-refractivity contribution in [2.24, 2.45) is 5.92 Å². The monoisotopic (exact) mass is 281 g/mol. The number of hydrogen-bond donors (Lipinski definition) is 1. The summed E-state index contributed by atoms with van der Waals surface area (Å²) in [4.78, 5) is 27.6. The summed E-state index contributed by atoms with van der Waals surface area (Å²) in [5.74, 6) is 0.279. The molecule has 20 heavy (non-hydrogen) atoms. The number of carbonyl (C=O) groups excluding carboxylic acids is 2. The molecule has 2 aliphatic rings. The lowest BCUT2D eigenvalue weighted by atomic mass is 9.95. The van der Waals surface area contributed by atoms with Crippen LogP contribution in [0.2, 0.25) is 0 Å². The second-order valence-corrected chi connectivity index (χ2v) is 6.28. The molecule has 0 bridgehead atoms.